The number of benzene rings is 1. The van der Waals surface area contributed by atoms with Gasteiger partial charge in [0, 0.05) is 10.5 Å². The molecule has 0 radical (unpaired) electrons. The highest BCUT2D eigenvalue weighted by Crippen LogP contribution is 2.29. The van der Waals surface area contributed by atoms with Gasteiger partial charge in [-0.1, -0.05) is 42.6 Å². The molecule has 3 heteroatoms. The zero-order valence-electron chi connectivity index (χ0n) is 12.6. The minimum absolute atomic E-state index is 0.485. The van der Waals surface area contributed by atoms with Gasteiger partial charge in [-0.3, -0.25) is 0 Å². The molecule has 1 N–H and O–H groups in total. The molecule has 0 bridgehead atoms. The van der Waals surface area contributed by atoms with E-state index in [9.17, 15) is 0 Å². The van der Waals surface area contributed by atoms with Gasteiger partial charge in [-0.2, -0.15) is 0 Å². The topological polar surface area (TPSA) is 21.3 Å². The third-order valence-electron chi connectivity index (χ3n) is 3.96. The van der Waals surface area contributed by atoms with Crippen molar-refractivity contribution in [1.82, 2.24) is 5.32 Å². The van der Waals surface area contributed by atoms with Gasteiger partial charge in [-0.15, -0.1) is 0 Å². The molecule has 0 heterocycles. The number of halogens is 1. The molecule has 1 aromatic rings. The molecule has 0 amide bonds. The third kappa shape index (κ3) is 4.78. The molecule has 0 unspecified atom stereocenters. The van der Waals surface area contributed by atoms with Crippen LogP contribution in [0, 0.1) is 0 Å². The van der Waals surface area contributed by atoms with Crippen molar-refractivity contribution >= 4 is 15.9 Å². The summed E-state index contributed by atoms with van der Waals surface area (Å²) in [6, 6.07) is 7.05. The van der Waals surface area contributed by atoms with E-state index >= 15 is 0 Å². The fourth-order valence-electron chi connectivity index (χ4n) is 2.79. The molecule has 2 rings (SSSR count). The summed E-state index contributed by atoms with van der Waals surface area (Å²) in [5.41, 5.74) is 1.28. The van der Waals surface area contributed by atoms with Crippen LogP contribution in [0.3, 0.4) is 0 Å². The van der Waals surface area contributed by atoms with Crippen molar-refractivity contribution in [3.05, 3.63) is 28.2 Å². The van der Waals surface area contributed by atoms with E-state index in [0.29, 0.717) is 5.92 Å². The van der Waals surface area contributed by atoms with Gasteiger partial charge in [0.15, 0.2) is 0 Å². The van der Waals surface area contributed by atoms with E-state index in [1.807, 2.05) is 0 Å². The van der Waals surface area contributed by atoms with Gasteiger partial charge in [0.2, 0.25) is 0 Å². The Bertz CT molecular complexity index is 413. The lowest BCUT2D eigenvalue weighted by atomic mass is 10.0. The normalized spacial score (nSPS) is 16.0. The number of ether oxygens (including phenoxy) is 1. The summed E-state index contributed by atoms with van der Waals surface area (Å²) in [6.07, 6.45) is 6.57. The highest BCUT2D eigenvalue weighted by atomic mass is 79.9. The highest BCUT2D eigenvalue weighted by Gasteiger charge is 2.13. The fourth-order valence-corrected chi connectivity index (χ4v) is 3.17. The zero-order chi connectivity index (χ0) is 14.4. The van der Waals surface area contributed by atoms with Crippen LogP contribution in [0.1, 0.15) is 57.4 Å². The first kappa shape index (κ1) is 15.8. The molecule has 2 nitrogen and oxygen atoms in total. The maximum absolute atomic E-state index is 5.96. The van der Waals surface area contributed by atoms with E-state index in [0.717, 1.165) is 35.8 Å². The monoisotopic (exact) mass is 339 g/mol. The lowest BCUT2D eigenvalue weighted by Gasteiger charge is -2.15. The molecule has 0 aliphatic heterocycles. The van der Waals surface area contributed by atoms with E-state index < -0.39 is 0 Å². The number of nitrogens with one attached hydrogen (secondary N) is 1. The van der Waals surface area contributed by atoms with Gasteiger partial charge < -0.3 is 10.1 Å². The Morgan fingerprint density at radius 3 is 2.75 bits per heavy atom. The van der Waals surface area contributed by atoms with Crippen molar-refractivity contribution in [2.75, 3.05) is 13.2 Å². The predicted octanol–water partition coefficient (Wildman–Crippen LogP) is 4.87. The molecule has 20 heavy (non-hydrogen) atoms. The second-order valence-corrected chi connectivity index (χ2v) is 6.89. The van der Waals surface area contributed by atoms with Crippen LogP contribution < -0.4 is 10.1 Å². The summed E-state index contributed by atoms with van der Waals surface area (Å²) in [5.74, 6) is 1.52. The average molecular weight is 340 g/mol. The largest absolute Gasteiger partial charge is 0.493 e. The molecule has 1 aliphatic rings. The summed E-state index contributed by atoms with van der Waals surface area (Å²) < 4.78 is 7.08. The van der Waals surface area contributed by atoms with Crippen LogP contribution in [0.5, 0.6) is 5.75 Å². The lowest BCUT2D eigenvalue weighted by Crippen LogP contribution is -2.27. The standard InChI is InChI=1S/C17H26BrNO/c1-13(2)16-12-14(18)8-9-17(16)20-11-5-10-19-15-6-3-4-7-15/h8-9,12-13,15,19H,3-7,10-11H2,1-2H3. The van der Waals surface area contributed by atoms with Crippen molar-refractivity contribution in [2.45, 2.75) is 57.9 Å². The molecular formula is C17H26BrNO. The van der Waals surface area contributed by atoms with Crippen LogP contribution in [-0.4, -0.2) is 19.2 Å². The van der Waals surface area contributed by atoms with Gasteiger partial charge in [0.05, 0.1) is 6.61 Å². The highest BCUT2D eigenvalue weighted by molar-refractivity contribution is 9.10. The van der Waals surface area contributed by atoms with Gasteiger partial charge in [-0.25, -0.2) is 0 Å². The molecule has 1 aliphatic carbocycles. The fraction of sp³-hybridized carbons (Fsp3) is 0.647. The van der Waals surface area contributed by atoms with Gasteiger partial charge in [0.25, 0.3) is 0 Å². The molecule has 0 saturated heterocycles. The van der Waals surface area contributed by atoms with Crippen molar-refractivity contribution in [3.63, 3.8) is 0 Å². The van der Waals surface area contributed by atoms with E-state index in [4.69, 9.17) is 4.74 Å². The summed E-state index contributed by atoms with van der Waals surface area (Å²) in [4.78, 5) is 0. The quantitative estimate of drug-likeness (QED) is 0.715. The smallest absolute Gasteiger partial charge is 0.122 e. The predicted molar refractivity (Wildman–Crippen MR) is 88.6 cm³/mol. The lowest BCUT2D eigenvalue weighted by molar-refractivity contribution is 0.301. The summed E-state index contributed by atoms with van der Waals surface area (Å²) in [6.45, 7) is 6.27. The zero-order valence-corrected chi connectivity index (χ0v) is 14.2. The molecule has 0 atom stereocenters. The maximum atomic E-state index is 5.96. The number of hydrogen-bond donors (Lipinski definition) is 1. The van der Waals surface area contributed by atoms with Gasteiger partial charge >= 0.3 is 0 Å². The second kappa shape index (κ2) is 8.04. The van der Waals surface area contributed by atoms with Crippen molar-refractivity contribution in [1.29, 1.82) is 0 Å². The summed E-state index contributed by atoms with van der Waals surface area (Å²) in [5, 5.41) is 3.63. The van der Waals surface area contributed by atoms with Crippen LogP contribution in [0.25, 0.3) is 0 Å². The Kier molecular flexibility index (Phi) is 6.37. The van der Waals surface area contributed by atoms with Crippen LogP contribution >= 0.6 is 15.9 Å². The number of hydrogen-bond acceptors (Lipinski definition) is 2. The van der Waals surface area contributed by atoms with Crippen LogP contribution in [-0.2, 0) is 0 Å². The van der Waals surface area contributed by atoms with Gasteiger partial charge in [0.1, 0.15) is 5.75 Å². The third-order valence-corrected chi connectivity index (χ3v) is 4.45. The van der Waals surface area contributed by atoms with Crippen LogP contribution in [0.4, 0.5) is 0 Å². The Morgan fingerprint density at radius 2 is 2.05 bits per heavy atom. The molecule has 1 aromatic carbocycles. The van der Waals surface area contributed by atoms with Gasteiger partial charge in [-0.05, 0) is 55.5 Å². The summed E-state index contributed by atoms with van der Waals surface area (Å²) in [7, 11) is 0. The van der Waals surface area contributed by atoms with E-state index in [-0.39, 0.29) is 0 Å². The minimum atomic E-state index is 0.485. The van der Waals surface area contributed by atoms with Crippen LogP contribution in [0.2, 0.25) is 0 Å². The first-order chi connectivity index (χ1) is 9.66. The second-order valence-electron chi connectivity index (χ2n) is 5.97. The molecule has 112 valence electrons. The SMILES string of the molecule is CC(C)c1cc(Br)ccc1OCCCNC1CCCC1. The Morgan fingerprint density at radius 1 is 1.30 bits per heavy atom. The first-order valence-corrected chi connectivity index (χ1v) is 8.61. The summed E-state index contributed by atoms with van der Waals surface area (Å²) >= 11 is 3.53. The van der Waals surface area contributed by atoms with E-state index in [1.54, 1.807) is 0 Å². The molecular weight excluding hydrogens is 314 g/mol. The molecule has 0 spiro atoms. The van der Waals surface area contributed by atoms with E-state index in [1.165, 1.54) is 31.2 Å². The van der Waals surface area contributed by atoms with Crippen LogP contribution in [0.15, 0.2) is 22.7 Å². The molecule has 1 fully saturated rings. The number of rotatable bonds is 7. The van der Waals surface area contributed by atoms with Crippen molar-refractivity contribution in [2.24, 2.45) is 0 Å². The van der Waals surface area contributed by atoms with Crippen molar-refractivity contribution < 1.29 is 4.74 Å². The first-order valence-electron chi connectivity index (χ1n) is 7.82. The Balaban J connectivity index is 1.73. The Labute approximate surface area is 131 Å². The average Bonchev–Trinajstić information content (AvgIpc) is 2.92. The molecule has 1 saturated carbocycles. The maximum Gasteiger partial charge on any atom is 0.122 e. The molecule has 0 aromatic heterocycles. The van der Waals surface area contributed by atoms with Crippen molar-refractivity contribution in [3.8, 4) is 5.75 Å². The van der Waals surface area contributed by atoms with E-state index in [2.05, 4.69) is 53.3 Å². The Hall–Kier alpha value is -0.540. The minimum Gasteiger partial charge on any atom is -0.493 e.